The Kier molecular flexibility index (Phi) is 5.46. The van der Waals surface area contributed by atoms with Gasteiger partial charge < -0.3 is 15.1 Å². The summed E-state index contributed by atoms with van der Waals surface area (Å²) in [7, 11) is 0. The van der Waals surface area contributed by atoms with Crippen molar-refractivity contribution in [3.05, 3.63) is 80.5 Å². The number of carbonyl (C=O) groups is 1. The zero-order valence-corrected chi connectivity index (χ0v) is 17.9. The van der Waals surface area contributed by atoms with E-state index in [4.69, 9.17) is 4.42 Å². The molecular formula is C21H20N4O2S2. The SMILES string of the molecule is Cc1cc(C)nc(N[C@@H](c2cccs2)c2cc(C)sc2NC(=O)c2ccco2)n1. The summed E-state index contributed by atoms with van der Waals surface area (Å²) in [5, 5.41) is 9.27. The number of aromatic nitrogens is 2. The fraction of sp³-hybridized carbons (Fsp3) is 0.190. The number of furan rings is 1. The molecule has 0 bridgehead atoms. The van der Waals surface area contributed by atoms with Gasteiger partial charge in [-0.15, -0.1) is 22.7 Å². The second-order valence-electron chi connectivity index (χ2n) is 6.64. The molecule has 8 heteroatoms. The van der Waals surface area contributed by atoms with Gasteiger partial charge in [0, 0.05) is 26.7 Å². The van der Waals surface area contributed by atoms with Gasteiger partial charge in [-0.3, -0.25) is 4.79 Å². The molecule has 1 atom stereocenters. The lowest BCUT2D eigenvalue weighted by molar-refractivity contribution is 0.0997. The van der Waals surface area contributed by atoms with Gasteiger partial charge in [-0.2, -0.15) is 0 Å². The normalized spacial score (nSPS) is 12.0. The monoisotopic (exact) mass is 424 g/mol. The molecule has 4 rings (SSSR count). The lowest BCUT2D eigenvalue weighted by Crippen LogP contribution is -2.17. The van der Waals surface area contributed by atoms with Gasteiger partial charge in [0.1, 0.15) is 5.00 Å². The van der Waals surface area contributed by atoms with Gasteiger partial charge in [-0.05, 0) is 56.5 Å². The van der Waals surface area contributed by atoms with E-state index in [1.54, 1.807) is 23.5 Å². The maximum absolute atomic E-state index is 12.6. The highest BCUT2D eigenvalue weighted by atomic mass is 32.1. The molecule has 0 unspecified atom stereocenters. The van der Waals surface area contributed by atoms with E-state index < -0.39 is 0 Å². The zero-order chi connectivity index (χ0) is 20.4. The van der Waals surface area contributed by atoms with E-state index in [-0.39, 0.29) is 17.7 Å². The molecule has 0 saturated carbocycles. The van der Waals surface area contributed by atoms with Gasteiger partial charge in [-0.25, -0.2) is 9.97 Å². The summed E-state index contributed by atoms with van der Waals surface area (Å²) < 4.78 is 5.23. The van der Waals surface area contributed by atoms with Crippen LogP contribution in [-0.4, -0.2) is 15.9 Å². The first-order valence-corrected chi connectivity index (χ1v) is 10.8. The second kappa shape index (κ2) is 8.18. The minimum atomic E-state index is -0.273. The van der Waals surface area contributed by atoms with Crippen LogP contribution in [0.15, 0.2) is 52.5 Å². The van der Waals surface area contributed by atoms with E-state index >= 15 is 0 Å². The number of aryl methyl sites for hydroxylation is 3. The van der Waals surface area contributed by atoms with Crippen molar-refractivity contribution in [2.75, 3.05) is 10.6 Å². The molecule has 6 nitrogen and oxygen atoms in total. The van der Waals surface area contributed by atoms with Crippen LogP contribution in [0.4, 0.5) is 10.9 Å². The molecule has 148 valence electrons. The van der Waals surface area contributed by atoms with Crippen molar-refractivity contribution in [2.45, 2.75) is 26.8 Å². The molecule has 29 heavy (non-hydrogen) atoms. The Morgan fingerprint density at radius 2 is 1.90 bits per heavy atom. The highest BCUT2D eigenvalue weighted by molar-refractivity contribution is 7.16. The largest absolute Gasteiger partial charge is 0.459 e. The van der Waals surface area contributed by atoms with Gasteiger partial charge in [-0.1, -0.05) is 6.07 Å². The molecule has 0 aliphatic heterocycles. The zero-order valence-electron chi connectivity index (χ0n) is 16.2. The smallest absolute Gasteiger partial charge is 0.291 e. The quantitative estimate of drug-likeness (QED) is 0.423. The van der Waals surface area contributed by atoms with Crippen LogP contribution < -0.4 is 10.6 Å². The lowest BCUT2D eigenvalue weighted by Gasteiger charge is -2.19. The van der Waals surface area contributed by atoms with Crippen LogP contribution >= 0.6 is 22.7 Å². The molecule has 0 spiro atoms. The Morgan fingerprint density at radius 1 is 1.10 bits per heavy atom. The van der Waals surface area contributed by atoms with Gasteiger partial charge in [0.15, 0.2) is 5.76 Å². The average molecular weight is 425 g/mol. The summed E-state index contributed by atoms with van der Waals surface area (Å²) in [6, 6.07) is 11.3. The number of anilines is 2. The van der Waals surface area contributed by atoms with E-state index in [1.807, 2.05) is 38.3 Å². The molecule has 1 amide bonds. The number of nitrogens with one attached hydrogen (secondary N) is 2. The van der Waals surface area contributed by atoms with Crippen molar-refractivity contribution >= 4 is 39.5 Å². The molecular weight excluding hydrogens is 404 g/mol. The predicted octanol–water partition coefficient (Wildman–Crippen LogP) is 5.57. The minimum Gasteiger partial charge on any atom is -0.459 e. The number of amides is 1. The van der Waals surface area contributed by atoms with Crippen molar-refractivity contribution in [2.24, 2.45) is 0 Å². The number of carbonyl (C=O) groups excluding carboxylic acids is 1. The van der Waals surface area contributed by atoms with Gasteiger partial charge >= 0.3 is 0 Å². The summed E-state index contributed by atoms with van der Waals surface area (Å²) in [6.07, 6.45) is 1.49. The first-order chi connectivity index (χ1) is 14.0. The second-order valence-corrected chi connectivity index (χ2v) is 8.88. The Morgan fingerprint density at radius 3 is 2.55 bits per heavy atom. The number of nitrogens with zero attached hydrogens (tertiary/aromatic N) is 2. The number of thiophene rings is 2. The van der Waals surface area contributed by atoms with Gasteiger partial charge in [0.05, 0.1) is 12.3 Å². The molecule has 0 saturated heterocycles. The summed E-state index contributed by atoms with van der Waals surface area (Å²) in [4.78, 5) is 23.8. The first-order valence-electron chi connectivity index (χ1n) is 9.07. The Labute approximate surface area is 176 Å². The van der Waals surface area contributed by atoms with E-state index in [2.05, 4.69) is 32.7 Å². The number of hydrogen-bond acceptors (Lipinski definition) is 7. The van der Waals surface area contributed by atoms with Crippen LogP contribution in [-0.2, 0) is 0 Å². The molecule has 0 aromatic carbocycles. The molecule has 4 aromatic rings. The molecule has 4 aromatic heterocycles. The Balaban J connectivity index is 1.71. The maximum Gasteiger partial charge on any atom is 0.291 e. The lowest BCUT2D eigenvalue weighted by atomic mass is 10.1. The van der Waals surface area contributed by atoms with Crippen molar-refractivity contribution < 1.29 is 9.21 Å². The Hall–Kier alpha value is -2.97. The number of rotatable bonds is 6. The van der Waals surface area contributed by atoms with E-state index in [0.29, 0.717) is 5.95 Å². The van der Waals surface area contributed by atoms with E-state index in [0.717, 1.165) is 31.7 Å². The Bertz CT molecular complexity index is 1100. The fourth-order valence-electron chi connectivity index (χ4n) is 3.10. The summed E-state index contributed by atoms with van der Waals surface area (Å²) >= 11 is 3.18. The van der Waals surface area contributed by atoms with Crippen LogP contribution in [0.2, 0.25) is 0 Å². The predicted molar refractivity (Wildman–Crippen MR) is 117 cm³/mol. The van der Waals surface area contributed by atoms with Crippen LogP contribution in [0.3, 0.4) is 0 Å². The highest BCUT2D eigenvalue weighted by Gasteiger charge is 2.24. The summed E-state index contributed by atoms with van der Waals surface area (Å²) in [5.41, 5.74) is 2.77. The molecule has 4 heterocycles. The summed E-state index contributed by atoms with van der Waals surface area (Å²) in [6.45, 7) is 5.92. The van der Waals surface area contributed by atoms with Crippen LogP contribution in [0, 0.1) is 20.8 Å². The van der Waals surface area contributed by atoms with Gasteiger partial charge in [0.2, 0.25) is 5.95 Å². The van der Waals surface area contributed by atoms with E-state index in [1.165, 1.54) is 17.6 Å². The van der Waals surface area contributed by atoms with Gasteiger partial charge in [0.25, 0.3) is 5.91 Å². The van der Waals surface area contributed by atoms with Crippen molar-refractivity contribution in [1.29, 1.82) is 0 Å². The van der Waals surface area contributed by atoms with Crippen molar-refractivity contribution in [3.8, 4) is 0 Å². The third-order valence-corrected chi connectivity index (χ3v) is 6.17. The maximum atomic E-state index is 12.6. The van der Waals surface area contributed by atoms with E-state index in [9.17, 15) is 4.79 Å². The number of hydrogen-bond donors (Lipinski definition) is 2. The standard InChI is InChI=1S/C21H20N4O2S2/c1-12-10-13(2)23-21(22-12)24-18(17-7-5-9-28-17)15-11-14(3)29-20(15)25-19(26)16-6-4-8-27-16/h4-11,18H,1-3H3,(H,25,26)(H,22,23,24)/t18-/m1/s1. The van der Waals surface area contributed by atoms with Crippen molar-refractivity contribution in [1.82, 2.24) is 9.97 Å². The third kappa shape index (κ3) is 4.38. The molecule has 0 radical (unpaired) electrons. The molecule has 0 aliphatic rings. The van der Waals surface area contributed by atoms with Crippen LogP contribution in [0.5, 0.6) is 0 Å². The molecule has 0 aliphatic carbocycles. The molecule has 2 N–H and O–H groups in total. The molecule has 0 fully saturated rings. The topological polar surface area (TPSA) is 80.0 Å². The third-order valence-electron chi connectivity index (χ3n) is 4.25. The summed E-state index contributed by atoms with van der Waals surface area (Å²) in [5.74, 6) is 0.569. The van der Waals surface area contributed by atoms with Crippen LogP contribution in [0.25, 0.3) is 0 Å². The van der Waals surface area contributed by atoms with Crippen molar-refractivity contribution in [3.63, 3.8) is 0 Å². The minimum absolute atomic E-state index is 0.187. The highest BCUT2D eigenvalue weighted by Crippen LogP contribution is 2.38. The first kappa shape index (κ1) is 19.4. The fourth-order valence-corrected chi connectivity index (χ4v) is 4.84. The average Bonchev–Trinajstić information content (AvgIpc) is 3.41. The van der Waals surface area contributed by atoms with Crippen LogP contribution in [0.1, 0.15) is 43.3 Å².